The topological polar surface area (TPSA) is 41.3 Å². The smallest absolute Gasteiger partial charge is 0.128 e. The van der Waals surface area contributed by atoms with Crippen LogP contribution in [0.5, 0.6) is 0 Å². The van der Waals surface area contributed by atoms with Crippen LogP contribution in [0.15, 0.2) is 35.1 Å². The number of nitrogens with zero attached hydrogens (tertiary/aromatic N) is 2. The largest absolute Gasteiger partial charge is 0.469 e. The highest BCUT2D eigenvalue weighted by Gasteiger charge is 2.20. The van der Waals surface area contributed by atoms with Gasteiger partial charge < -0.3 is 14.6 Å². The summed E-state index contributed by atoms with van der Waals surface area (Å²) in [6, 6.07) is 6.99. The maximum atomic E-state index is 5.34. The molecule has 3 rings (SSSR count). The van der Waals surface area contributed by atoms with Crippen molar-refractivity contribution in [3.63, 3.8) is 0 Å². The molecule has 20 heavy (non-hydrogen) atoms. The maximum Gasteiger partial charge on any atom is 0.128 e. The van der Waals surface area contributed by atoms with Crippen LogP contribution < -0.4 is 10.2 Å². The van der Waals surface area contributed by atoms with Gasteiger partial charge in [-0.3, -0.25) is 0 Å². The Balaban J connectivity index is 1.65. The highest BCUT2D eigenvalue weighted by Crippen LogP contribution is 2.20. The molecule has 4 heteroatoms. The number of rotatable bonds is 6. The Hall–Kier alpha value is -1.81. The van der Waals surface area contributed by atoms with Crippen molar-refractivity contribution < 1.29 is 4.42 Å². The van der Waals surface area contributed by atoms with Crippen molar-refractivity contribution in [3.05, 3.63) is 47.5 Å². The molecule has 0 radical (unpaired) electrons. The number of hydrogen-bond donors (Lipinski definition) is 1. The molecule has 0 atom stereocenters. The van der Waals surface area contributed by atoms with Crippen molar-refractivity contribution in [2.45, 2.75) is 38.9 Å². The Labute approximate surface area is 119 Å². The summed E-state index contributed by atoms with van der Waals surface area (Å²) in [5.41, 5.74) is 2.49. The van der Waals surface area contributed by atoms with Gasteiger partial charge in [0, 0.05) is 37.9 Å². The van der Waals surface area contributed by atoms with Crippen molar-refractivity contribution in [1.29, 1.82) is 0 Å². The van der Waals surface area contributed by atoms with Crippen LogP contribution in [0.4, 0.5) is 5.82 Å². The summed E-state index contributed by atoms with van der Waals surface area (Å²) in [7, 11) is 2.06. The molecular formula is C16H21N3O. The predicted molar refractivity (Wildman–Crippen MR) is 79.7 cm³/mol. The van der Waals surface area contributed by atoms with Gasteiger partial charge in [0.15, 0.2) is 0 Å². The van der Waals surface area contributed by atoms with E-state index in [1.54, 1.807) is 6.26 Å². The number of aromatic nitrogens is 1. The lowest BCUT2D eigenvalue weighted by Gasteiger charge is -2.18. The van der Waals surface area contributed by atoms with E-state index in [1.807, 2.05) is 19.2 Å². The van der Waals surface area contributed by atoms with Gasteiger partial charge in [-0.25, -0.2) is 4.98 Å². The van der Waals surface area contributed by atoms with Gasteiger partial charge in [0.1, 0.15) is 11.6 Å². The zero-order valence-corrected chi connectivity index (χ0v) is 12.1. The third-order valence-electron chi connectivity index (χ3n) is 3.75. The van der Waals surface area contributed by atoms with Crippen LogP contribution in [-0.2, 0) is 13.1 Å². The molecule has 106 valence electrons. The minimum atomic E-state index is 0.734. The van der Waals surface area contributed by atoms with Gasteiger partial charge in [0.05, 0.1) is 6.26 Å². The molecule has 2 aromatic heterocycles. The van der Waals surface area contributed by atoms with E-state index in [1.165, 1.54) is 24.0 Å². The number of anilines is 1. The standard InChI is InChI=1S/C16H21N3O/c1-12-14(6-8-20-12)11-19(2)16-9-13(5-7-17-16)10-18-15-3-4-15/h5-9,15,18H,3-4,10-11H2,1-2H3. The third kappa shape index (κ3) is 3.20. The van der Waals surface area contributed by atoms with E-state index >= 15 is 0 Å². The average Bonchev–Trinajstić information content (AvgIpc) is 3.21. The van der Waals surface area contributed by atoms with Crippen LogP contribution >= 0.6 is 0 Å². The van der Waals surface area contributed by atoms with Crippen molar-refractivity contribution in [1.82, 2.24) is 10.3 Å². The first kappa shape index (κ1) is 13.2. The molecule has 4 nitrogen and oxygen atoms in total. The first-order valence-electron chi connectivity index (χ1n) is 7.15. The SMILES string of the molecule is Cc1occc1CN(C)c1cc(CNC2CC2)ccn1. The highest BCUT2D eigenvalue weighted by molar-refractivity contribution is 5.41. The Morgan fingerprint density at radius 2 is 2.25 bits per heavy atom. The minimum absolute atomic E-state index is 0.734. The zero-order valence-electron chi connectivity index (χ0n) is 12.1. The lowest BCUT2D eigenvalue weighted by molar-refractivity contribution is 0.529. The second kappa shape index (κ2) is 5.67. The summed E-state index contributed by atoms with van der Waals surface area (Å²) in [6.07, 6.45) is 6.26. The number of furan rings is 1. The van der Waals surface area contributed by atoms with Crippen molar-refractivity contribution in [3.8, 4) is 0 Å². The molecule has 0 aromatic carbocycles. The first-order chi connectivity index (χ1) is 9.72. The molecule has 1 saturated carbocycles. The molecule has 1 fully saturated rings. The molecule has 0 spiro atoms. The van der Waals surface area contributed by atoms with Gasteiger partial charge in [-0.1, -0.05) is 0 Å². The minimum Gasteiger partial charge on any atom is -0.469 e. The summed E-state index contributed by atoms with van der Waals surface area (Å²) in [4.78, 5) is 6.61. The molecule has 0 bridgehead atoms. The lowest BCUT2D eigenvalue weighted by Crippen LogP contribution is -2.19. The third-order valence-corrected chi connectivity index (χ3v) is 3.75. The molecule has 1 N–H and O–H groups in total. The monoisotopic (exact) mass is 271 g/mol. The summed E-state index contributed by atoms with van der Waals surface area (Å²) in [5.74, 6) is 1.98. The van der Waals surface area contributed by atoms with Crippen LogP contribution in [0.3, 0.4) is 0 Å². The van der Waals surface area contributed by atoms with E-state index < -0.39 is 0 Å². The Bertz CT molecular complexity index is 575. The molecule has 0 amide bonds. The average molecular weight is 271 g/mol. The normalized spacial score (nSPS) is 14.5. The van der Waals surface area contributed by atoms with Gasteiger partial charge in [-0.05, 0) is 43.5 Å². The Morgan fingerprint density at radius 1 is 1.40 bits per heavy atom. The van der Waals surface area contributed by atoms with Crippen LogP contribution in [0.25, 0.3) is 0 Å². The van der Waals surface area contributed by atoms with E-state index in [4.69, 9.17) is 4.42 Å². The summed E-state index contributed by atoms with van der Waals surface area (Å²) < 4.78 is 5.34. The van der Waals surface area contributed by atoms with E-state index in [-0.39, 0.29) is 0 Å². The number of hydrogen-bond acceptors (Lipinski definition) is 4. The number of aryl methyl sites for hydroxylation is 1. The van der Waals surface area contributed by atoms with Crippen LogP contribution in [0.2, 0.25) is 0 Å². The first-order valence-corrected chi connectivity index (χ1v) is 7.15. The molecule has 0 aliphatic heterocycles. The molecule has 1 aliphatic carbocycles. The second-order valence-electron chi connectivity index (χ2n) is 5.54. The van der Waals surface area contributed by atoms with Gasteiger partial charge in [0.2, 0.25) is 0 Å². The number of pyridine rings is 1. The van der Waals surface area contributed by atoms with Gasteiger partial charge in [-0.15, -0.1) is 0 Å². The maximum absolute atomic E-state index is 5.34. The molecule has 0 unspecified atom stereocenters. The van der Waals surface area contributed by atoms with Gasteiger partial charge in [-0.2, -0.15) is 0 Å². The molecular weight excluding hydrogens is 250 g/mol. The van der Waals surface area contributed by atoms with Crippen molar-refractivity contribution in [2.75, 3.05) is 11.9 Å². The fourth-order valence-electron chi connectivity index (χ4n) is 2.24. The molecule has 2 heterocycles. The lowest BCUT2D eigenvalue weighted by atomic mass is 10.2. The van der Waals surface area contributed by atoms with E-state index in [2.05, 4.69) is 34.4 Å². The van der Waals surface area contributed by atoms with Crippen LogP contribution in [0.1, 0.15) is 29.7 Å². The van der Waals surface area contributed by atoms with Gasteiger partial charge in [0.25, 0.3) is 0 Å². The van der Waals surface area contributed by atoms with Gasteiger partial charge >= 0.3 is 0 Å². The summed E-state index contributed by atoms with van der Waals surface area (Å²) in [6.45, 7) is 3.74. The van der Waals surface area contributed by atoms with E-state index in [0.29, 0.717) is 0 Å². The Kier molecular flexibility index (Phi) is 3.74. The van der Waals surface area contributed by atoms with Crippen LogP contribution in [-0.4, -0.2) is 18.1 Å². The molecule has 2 aromatic rings. The zero-order chi connectivity index (χ0) is 13.9. The number of nitrogens with one attached hydrogen (secondary N) is 1. The van der Waals surface area contributed by atoms with Crippen LogP contribution in [0, 0.1) is 6.92 Å². The van der Waals surface area contributed by atoms with Crippen molar-refractivity contribution >= 4 is 5.82 Å². The van der Waals surface area contributed by atoms with E-state index in [0.717, 1.165) is 30.7 Å². The Morgan fingerprint density at radius 3 is 2.95 bits per heavy atom. The molecule has 0 saturated heterocycles. The molecule has 1 aliphatic rings. The fourth-order valence-corrected chi connectivity index (χ4v) is 2.24. The summed E-state index contributed by atoms with van der Waals surface area (Å²) >= 11 is 0. The quantitative estimate of drug-likeness (QED) is 0.877. The van der Waals surface area contributed by atoms with Crippen molar-refractivity contribution in [2.24, 2.45) is 0 Å². The second-order valence-corrected chi connectivity index (χ2v) is 5.54. The highest BCUT2D eigenvalue weighted by atomic mass is 16.3. The fraction of sp³-hybridized carbons (Fsp3) is 0.438. The predicted octanol–water partition coefficient (Wildman–Crippen LogP) is 2.87. The summed E-state index contributed by atoms with van der Waals surface area (Å²) in [5, 5.41) is 3.53. The van der Waals surface area contributed by atoms with E-state index in [9.17, 15) is 0 Å².